The van der Waals surface area contributed by atoms with Crippen molar-refractivity contribution in [3.8, 4) is 0 Å². The second-order valence-corrected chi connectivity index (χ2v) is 27.8. The first kappa shape index (κ1) is 56.7. The van der Waals surface area contributed by atoms with Gasteiger partial charge in [-0.25, -0.2) is 0 Å². The van der Waals surface area contributed by atoms with Crippen molar-refractivity contribution >= 4 is 20.0 Å². The third kappa shape index (κ3) is 11.5. The van der Waals surface area contributed by atoms with Crippen molar-refractivity contribution in [2.75, 3.05) is 26.4 Å². The van der Waals surface area contributed by atoms with Crippen molar-refractivity contribution < 1.29 is 12.3 Å². The Labute approximate surface area is 507 Å². The third-order valence-electron chi connectivity index (χ3n) is 17.1. The van der Waals surface area contributed by atoms with Gasteiger partial charge in [0, 0.05) is 0 Å². The molecule has 85 heavy (non-hydrogen) atoms. The van der Waals surface area contributed by atoms with Crippen LogP contribution in [0.2, 0.25) is 0 Å². The molecule has 12 rings (SSSR count). The summed E-state index contributed by atoms with van der Waals surface area (Å²) in [6.07, 6.45) is 0. The molecule has 0 atom stereocenters. The van der Waals surface area contributed by atoms with Gasteiger partial charge in [0.05, 0.1) is 0 Å². The Morgan fingerprint density at radius 1 is 0.153 bits per heavy atom. The topological polar surface area (TPSA) is 36.9 Å². The number of benzene rings is 12. The van der Waals surface area contributed by atoms with Crippen molar-refractivity contribution in [3.05, 3.63) is 431 Å². The van der Waals surface area contributed by atoms with E-state index in [0.29, 0.717) is 0 Å². The second kappa shape index (κ2) is 26.5. The van der Waals surface area contributed by atoms with Crippen LogP contribution in [0.4, 0.5) is 0 Å². The molecule has 5 heteroatoms. The first-order chi connectivity index (χ1) is 42.1. The molecule has 12 aromatic rings. The van der Waals surface area contributed by atoms with E-state index in [-0.39, 0.29) is 26.4 Å². The average molecular weight is 1210 g/mol. The molecule has 0 aliphatic rings. The molecular formula is C80H68O4Sn. The van der Waals surface area contributed by atoms with Gasteiger partial charge in [0.2, 0.25) is 0 Å². The standard InChI is InChI=1S/4C20H17O.Sn/c4*21-16-20(17-10-4-1-5-11-17,18-12-6-2-7-13-18)19-14-8-3-9-15-19;/h4*1-15H,16H2;/q4*-1;+4. The van der Waals surface area contributed by atoms with Gasteiger partial charge in [0.15, 0.2) is 0 Å². The van der Waals surface area contributed by atoms with Gasteiger partial charge in [0.1, 0.15) is 0 Å². The Morgan fingerprint density at radius 2 is 0.247 bits per heavy atom. The number of hydrogen-bond acceptors (Lipinski definition) is 4. The van der Waals surface area contributed by atoms with Crippen molar-refractivity contribution in [1.82, 2.24) is 0 Å². The molecule has 12 aromatic carbocycles. The molecule has 4 nitrogen and oxygen atoms in total. The van der Waals surface area contributed by atoms with Crippen LogP contribution in [-0.2, 0) is 34.0 Å². The van der Waals surface area contributed by atoms with Gasteiger partial charge in [-0.15, -0.1) is 0 Å². The van der Waals surface area contributed by atoms with Crippen molar-refractivity contribution in [3.63, 3.8) is 0 Å². The minimum atomic E-state index is -6.11. The maximum absolute atomic E-state index is 8.31. The molecule has 0 aliphatic heterocycles. The Bertz CT molecular complexity index is 2990. The monoisotopic (exact) mass is 1210 g/mol. The summed E-state index contributed by atoms with van der Waals surface area (Å²) in [6.45, 7) is 0.389. The van der Waals surface area contributed by atoms with Crippen LogP contribution >= 0.6 is 0 Å². The second-order valence-electron chi connectivity index (χ2n) is 21.7. The van der Waals surface area contributed by atoms with Crippen LogP contribution in [0.1, 0.15) is 66.8 Å². The van der Waals surface area contributed by atoms with Crippen LogP contribution in [0.3, 0.4) is 0 Å². The summed E-state index contributed by atoms with van der Waals surface area (Å²) in [5, 5.41) is 0. The first-order valence-corrected chi connectivity index (χ1v) is 34.0. The SMILES string of the molecule is c1ccc(C(C[O][Sn]([O]CC(c2ccccc2)(c2ccccc2)c2ccccc2)([O]CC(c2ccccc2)(c2ccccc2)c2ccccc2)[O]CC(c2ccccc2)(c2ccccc2)c2ccccc2)(c2ccccc2)c2ccccc2)cc1. The fraction of sp³-hybridized carbons (Fsp3) is 0.100. The van der Waals surface area contributed by atoms with Crippen LogP contribution in [0.15, 0.2) is 364 Å². The summed E-state index contributed by atoms with van der Waals surface area (Å²) in [7, 11) is 0. The van der Waals surface area contributed by atoms with Crippen molar-refractivity contribution in [2.45, 2.75) is 21.7 Å². The Kier molecular flexibility index (Phi) is 17.7. The summed E-state index contributed by atoms with van der Waals surface area (Å²) >= 11 is -6.11. The Balaban J connectivity index is 1.15. The van der Waals surface area contributed by atoms with E-state index in [9.17, 15) is 0 Å². The number of rotatable bonds is 24. The summed E-state index contributed by atoms with van der Waals surface area (Å²) in [5.74, 6) is 0. The summed E-state index contributed by atoms with van der Waals surface area (Å²) < 4.78 is 33.2. The maximum atomic E-state index is 8.31. The van der Waals surface area contributed by atoms with E-state index in [2.05, 4.69) is 364 Å². The minimum absolute atomic E-state index is 0.0974. The summed E-state index contributed by atoms with van der Waals surface area (Å²) in [5.41, 5.74) is 9.06. The molecule has 0 radical (unpaired) electrons. The zero-order chi connectivity index (χ0) is 57.5. The number of hydrogen-bond donors (Lipinski definition) is 0. The van der Waals surface area contributed by atoms with Gasteiger partial charge < -0.3 is 0 Å². The molecule has 0 aromatic heterocycles. The van der Waals surface area contributed by atoms with E-state index in [4.69, 9.17) is 12.3 Å². The average Bonchev–Trinajstić information content (AvgIpc) is 2.08. The molecule has 0 bridgehead atoms. The summed E-state index contributed by atoms with van der Waals surface area (Å²) in [4.78, 5) is 0. The van der Waals surface area contributed by atoms with Gasteiger partial charge in [-0.1, -0.05) is 0 Å². The summed E-state index contributed by atoms with van der Waals surface area (Å²) in [6, 6.07) is 129. The first-order valence-electron chi connectivity index (χ1n) is 29.3. The predicted octanol–water partition coefficient (Wildman–Crippen LogP) is 17.6. The van der Waals surface area contributed by atoms with Crippen molar-refractivity contribution in [2.24, 2.45) is 0 Å². The van der Waals surface area contributed by atoms with Gasteiger partial charge in [-0.3, -0.25) is 0 Å². The van der Waals surface area contributed by atoms with Crippen LogP contribution in [0, 0.1) is 0 Å². The van der Waals surface area contributed by atoms with Crippen LogP contribution in [0.25, 0.3) is 0 Å². The molecule has 0 unspecified atom stereocenters. The van der Waals surface area contributed by atoms with Gasteiger partial charge >= 0.3 is 511 Å². The van der Waals surface area contributed by atoms with E-state index in [1.54, 1.807) is 0 Å². The van der Waals surface area contributed by atoms with Crippen LogP contribution < -0.4 is 0 Å². The van der Waals surface area contributed by atoms with Gasteiger partial charge in [-0.05, 0) is 0 Å². The zero-order valence-corrected chi connectivity index (χ0v) is 50.5. The molecular weight excluding hydrogens is 1140 g/mol. The molecule has 0 heterocycles. The molecule has 0 N–H and O–H groups in total. The molecule has 0 aliphatic carbocycles. The molecule has 0 saturated carbocycles. The fourth-order valence-electron chi connectivity index (χ4n) is 12.7. The quantitative estimate of drug-likeness (QED) is 0.0446. The van der Waals surface area contributed by atoms with Gasteiger partial charge in [-0.2, -0.15) is 0 Å². The van der Waals surface area contributed by atoms with E-state index < -0.39 is 41.7 Å². The van der Waals surface area contributed by atoms with E-state index in [1.165, 1.54) is 0 Å². The van der Waals surface area contributed by atoms with Crippen LogP contribution in [0.5, 0.6) is 0 Å². The van der Waals surface area contributed by atoms with Crippen molar-refractivity contribution in [1.29, 1.82) is 0 Å². The Morgan fingerprint density at radius 3 is 0.341 bits per heavy atom. The molecule has 416 valence electrons. The van der Waals surface area contributed by atoms with Crippen LogP contribution in [-0.4, -0.2) is 46.5 Å². The van der Waals surface area contributed by atoms with E-state index in [1.807, 2.05) is 0 Å². The zero-order valence-electron chi connectivity index (χ0n) is 47.6. The van der Waals surface area contributed by atoms with E-state index >= 15 is 0 Å². The molecule has 0 saturated heterocycles. The van der Waals surface area contributed by atoms with E-state index in [0.717, 1.165) is 66.8 Å². The molecule has 0 amide bonds. The fourth-order valence-corrected chi connectivity index (χ4v) is 18.6. The Hall–Kier alpha value is -8.72. The van der Waals surface area contributed by atoms with Gasteiger partial charge in [0.25, 0.3) is 0 Å². The third-order valence-corrected chi connectivity index (χ3v) is 22.7. The predicted molar refractivity (Wildman–Crippen MR) is 346 cm³/mol. The molecule has 0 fully saturated rings. The molecule has 0 spiro atoms. The normalized spacial score (nSPS) is 12.1.